The molecular weight excluding hydrogens is 249 g/mol. The standard InChI is InChI=1S/C10H10BNO5.C2H6/c13-11-3-6(4-12(14)15)9-7(11)1-2-8-10(9)17-5-16-8;1-2/h1-2,6,13H,3-5H2;1-2H3. The predicted octanol–water partition coefficient (Wildman–Crippen LogP) is 1.01. The van der Waals surface area contributed by atoms with Crippen molar-refractivity contribution < 1.29 is 19.4 Å². The van der Waals surface area contributed by atoms with Gasteiger partial charge >= 0.3 is 6.92 Å². The summed E-state index contributed by atoms with van der Waals surface area (Å²) in [5, 5.41) is 20.5. The Balaban J connectivity index is 0.000000637. The monoisotopic (exact) mass is 265 g/mol. The Labute approximate surface area is 111 Å². The zero-order valence-corrected chi connectivity index (χ0v) is 11.0. The van der Waals surface area contributed by atoms with Gasteiger partial charge in [-0.2, -0.15) is 0 Å². The van der Waals surface area contributed by atoms with Gasteiger partial charge in [-0.15, -0.1) is 0 Å². The molecule has 7 heteroatoms. The molecule has 2 aliphatic heterocycles. The molecule has 19 heavy (non-hydrogen) atoms. The molecule has 0 saturated carbocycles. The largest absolute Gasteiger partial charge is 0.454 e. The first-order valence-corrected chi connectivity index (χ1v) is 6.39. The Kier molecular flexibility index (Phi) is 3.94. The normalized spacial score (nSPS) is 18.7. The molecule has 0 bridgehead atoms. The van der Waals surface area contributed by atoms with E-state index in [1.54, 1.807) is 12.1 Å². The number of hydrogen-bond acceptors (Lipinski definition) is 5. The second-order valence-corrected chi connectivity index (χ2v) is 4.27. The van der Waals surface area contributed by atoms with Gasteiger partial charge in [0.05, 0.1) is 0 Å². The zero-order chi connectivity index (χ0) is 14.0. The van der Waals surface area contributed by atoms with E-state index >= 15 is 0 Å². The van der Waals surface area contributed by atoms with Gasteiger partial charge in [-0.25, -0.2) is 0 Å². The van der Waals surface area contributed by atoms with Gasteiger partial charge in [-0.3, -0.25) is 10.1 Å². The highest BCUT2D eigenvalue weighted by Crippen LogP contribution is 2.42. The molecular formula is C12H16BNO5. The van der Waals surface area contributed by atoms with Crippen LogP contribution in [0.4, 0.5) is 0 Å². The third kappa shape index (κ3) is 2.38. The number of nitro groups is 1. The average molecular weight is 265 g/mol. The van der Waals surface area contributed by atoms with E-state index in [2.05, 4.69) is 0 Å². The molecule has 1 atom stereocenters. The number of benzene rings is 1. The summed E-state index contributed by atoms with van der Waals surface area (Å²) in [7, 11) is 0. The van der Waals surface area contributed by atoms with Gasteiger partial charge in [0.25, 0.3) is 0 Å². The summed E-state index contributed by atoms with van der Waals surface area (Å²) < 4.78 is 10.6. The molecule has 6 nitrogen and oxygen atoms in total. The Morgan fingerprint density at radius 3 is 2.89 bits per heavy atom. The molecule has 1 aromatic carbocycles. The van der Waals surface area contributed by atoms with Gasteiger partial charge in [0.15, 0.2) is 11.5 Å². The minimum Gasteiger partial charge on any atom is -0.454 e. The molecule has 102 valence electrons. The molecule has 2 heterocycles. The Morgan fingerprint density at radius 2 is 2.21 bits per heavy atom. The fraction of sp³-hybridized carbons (Fsp3) is 0.500. The first kappa shape index (κ1) is 13.7. The van der Waals surface area contributed by atoms with E-state index in [4.69, 9.17) is 9.47 Å². The van der Waals surface area contributed by atoms with E-state index in [0.717, 1.165) is 11.0 Å². The molecule has 0 fully saturated rings. The third-order valence-electron chi connectivity index (χ3n) is 3.26. The molecule has 1 N–H and O–H groups in total. The molecule has 0 saturated heterocycles. The second-order valence-electron chi connectivity index (χ2n) is 4.27. The van der Waals surface area contributed by atoms with E-state index in [1.807, 2.05) is 13.8 Å². The summed E-state index contributed by atoms with van der Waals surface area (Å²) >= 11 is 0. The van der Waals surface area contributed by atoms with Crippen LogP contribution in [0.15, 0.2) is 12.1 Å². The maximum Gasteiger partial charge on any atom is 0.324 e. The van der Waals surface area contributed by atoms with Gasteiger partial charge in [0.1, 0.15) is 0 Å². The van der Waals surface area contributed by atoms with Crippen molar-refractivity contribution in [2.45, 2.75) is 26.1 Å². The second kappa shape index (κ2) is 5.48. The summed E-state index contributed by atoms with van der Waals surface area (Å²) in [6, 6.07) is 3.49. The van der Waals surface area contributed by atoms with E-state index < -0.39 is 6.92 Å². The first-order valence-electron chi connectivity index (χ1n) is 6.39. The summed E-state index contributed by atoms with van der Waals surface area (Å²) in [5.74, 6) is 0.865. The van der Waals surface area contributed by atoms with Crippen LogP contribution in [0.3, 0.4) is 0 Å². The van der Waals surface area contributed by atoms with Gasteiger partial charge in [-0.05, 0) is 17.8 Å². The zero-order valence-electron chi connectivity index (χ0n) is 11.0. The first-order chi connectivity index (χ1) is 9.16. The van der Waals surface area contributed by atoms with Gasteiger partial charge in [-0.1, -0.05) is 19.9 Å². The number of rotatable bonds is 2. The maximum absolute atomic E-state index is 10.6. The lowest BCUT2D eigenvalue weighted by Gasteiger charge is -2.09. The van der Waals surface area contributed by atoms with Crippen LogP contribution in [-0.4, -0.2) is 30.2 Å². The van der Waals surface area contributed by atoms with E-state index in [9.17, 15) is 15.1 Å². The van der Waals surface area contributed by atoms with Crippen molar-refractivity contribution in [3.05, 3.63) is 27.8 Å². The Morgan fingerprint density at radius 1 is 1.47 bits per heavy atom. The number of nitrogens with zero attached hydrogens (tertiary/aromatic N) is 1. The van der Waals surface area contributed by atoms with Crippen molar-refractivity contribution in [2.24, 2.45) is 0 Å². The minimum atomic E-state index is -0.649. The van der Waals surface area contributed by atoms with Crippen LogP contribution in [0.5, 0.6) is 11.5 Å². The molecule has 0 aromatic heterocycles. The predicted molar refractivity (Wildman–Crippen MR) is 70.9 cm³/mol. The lowest BCUT2D eigenvalue weighted by atomic mass is 9.62. The molecule has 0 radical (unpaired) electrons. The van der Waals surface area contributed by atoms with Gasteiger partial charge in [0.2, 0.25) is 13.3 Å². The van der Waals surface area contributed by atoms with Crippen LogP contribution < -0.4 is 14.9 Å². The molecule has 1 unspecified atom stereocenters. The Hall–Kier alpha value is -1.76. The highest BCUT2D eigenvalue weighted by Gasteiger charge is 2.40. The van der Waals surface area contributed by atoms with Crippen LogP contribution in [-0.2, 0) is 0 Å². The molecule has 0 amide bonds. The van der Waals surface area contributed by atoms with Crippen LogP contribution >= 0.6 is 0 Å². The van der Waals surface area contributed by atoms with Crippen LogP contribution in [0.1, 0.15) is 25.3 Å². The molecule has 0 aliphatic carbocycles. The highest BCUT2D eigenvalue weighted by atomic mass is 16.7. The fourth-order valence-electron chi connectivity index (χ4n) is 2.58. The number of fused-ring (bicyclic) bond motifs is 3. The third-order valence-corrected chi connectivity index (χ3v) is 3.26. The van der Waals surface area contributed by atoms with Crippen molar-refractivity contribution in [3.63, 3.8) is 0 Å². The number of hydrogen-bond donors (Lipinski definition) is 1. The van der Waals surface area contributed by atoms with Crippen molar-refractivity contribution in [1.29, 1.82) is 0 Å². The summed E-state index contributed by atoms with van der Waals surface area (Å²) in [6.45, 7) is 3.29. The maximum atomic E-state index is 10.6. The van der Waals surface area contributed by atoms with E-state index in [-0.39, 0.29) is 24.2 Å². The summed E-state index contributed by atoms with van der Waals surface area (Å²) in [5.41, 5.74) is 1.46. The summed E-state index contributed by atoms with van der Waals surface area (Å²) in [4.78, 5) is 10.3. The topological polar surface area (TPSA) is 81.8 Å². The van der Waals surface area contributed by atoms with Gasteiger partial charge in [0, 0.05) is 16.4 Å². The fourth-order valence-corrected chi connectivity index (χ4v) is 2.58. The van der Waals surface area contributed by atoms with E-state index in [1.165, 1.54) is 0 Å². The lowest BCUT2D eigenvalue weighted by molar-refractivity contribution is -0.482. The van der Waals surface area contributed by atoms with Gasteiger partial charge < -0.3 is 14.5 Å². The lowest BCUT2D eigenvalue weighted by Crippen LogP contribution is -2.25. The minimum absolute atomic E-state index is 0.132. The van der Waals surface area contributed by atoms with Crippen LogP contribution in [0, 0.1) is 10.1 Å². The quantitative estimate of drug-likeness (QED) is 0.490. The number of ether oxygens (including phenoxy) is 2. The molecule has 3 rings (SSSR count). The smallest absolute Gasteiger partial charge is 0.324 e. The Bertz CT molecular complexity index is 493. The average Bonchev–Trinajstić information content (AvgIpc) is 2.96. The van der Waals surface area contributed by atoms with E-state index in [0.29, 0.717) is 17.8 Å². The van der Waals surface area contributed by atoms with Crippen molar-refractivity contribution in [1.82, 2.24) is 0 Å². The summed E-state index contributed by atoms with van der Waals surface area (Å²) in [6.07, 6.45) is 0.371. The van der Waals surface area contributed by atoms with Crippen molar-refractivity contribution in [2.75, 3.05) is 13.3 Å². The van der Waals surface area contributed by atoms with Crippen molar-refractivity contribution in [3.8, 4) is 11.5 Å². The van der Waals surface area contributed by atoms with Crippen molar-refractivity contribution >= 4 is 12.4 Å². The molecule has 2 aliphatic rings. The highest BCUT2D eigenvalue weighted by molar-refractivity contribution is 6.68. The van der Waals surface area contributed by atoms with Crippen LogP contribution in [0.2, 0.25) is 6.32 Å². The van der Waals surface area contributed by atoms with Crippen LogP contribution in [0.25, 0.3) is 0 Å². The SMILES string of the molecule is CC.O=[N+]([O-])CC1CB(O)c2ccc3c(c21)OCO3. The molecule has 0 spiro atoms. The molecule has 1 aromatic rings.